The van der Waals surface area contributed by atoms with E-state index >= 15 is 0 Å². The number of aryl methyl sites for hydroxylation is 1. The maximum atomic E-state index is 9.90. The molecule has 0 aromatic heterocycles. The Kier molecular flexibility index (Phi) is 4.83. The van der Waals surface area contributed by atoms with E-state index in [9.17, 15) is 5.11 Å². The van der Waals surface area contributed by atoms with Gasteiger partial charge in [-0.25, -0.2) is 0 Å². The molecule has 0 aliphatic rings. The van der Waals surface area contributed by atoms with Gasteiger partial charge in [0.15, 0.2) is 0 Å². The summed E-state index contributed by atoms with van der Waals surface area (Å²) in [4.78, 5) is 0. The number of hydrogen-bond donors (Lipinski definition) is 1. The highest BCUT2D eigenvalue weighted by Gasteiger charge is 2.12. The largest absolute Gasteiger partial charge is 0.393 e. The topological polar surface area (TPSA) is 20.2 Å². The van der Waals surface area contributed by atoms with Gasteiger partial charge in [-0.2, -0.15) is 0 Å². The van der Waals surface area contributed by atoms with Crippen LogP contribution in [0.3, 0.4) is 0 Å². The van der Waals surface area contributed by atoms with Gasteiger partial charge in [-0.3, -0.25) is 0 Å². The zero-order valence-corrected chi connectivity index (χ0v) is 10.0. The van der Waals surface area contributed by atoms with Gasteiger partial charge in [0.1, 0.15) is 0 Å². The molecular weight excluding hydrogens is 184 g/mol. The number of rotatable bonds is 5. The molecule has 0 saturated carbocycles. The van der Waals surface area contributed by atoms with Gasteiger partial charge in [0.2, 0.25) is 0 Å². The molecule has 0 amide bonds. The first-order valence-corrected chi connectivity index (χ1v) is 5.93. The lowest BCUT2D eigenvalue weighted by Gasteiger charge is -2.17. The van der Waals surface area contributed by atoms with E-state index in [1.54, 1.807) is 0 Å². The zero-order valence-electron chi connectivity index (χ0n) is 10.0. The average Bonchev–Trinajstić information content (AvgIpc) is 2.29. The molecule has 1 nitrogen and oxygen atoms in total. The van der Waals surface area contributed by atoms with Crippen molar-refractivity contribution in [2.24, 2.45) is 5.92 Å². The molecule has 0 saturated heterocycles. The second kappa shape index (κ2) is 5.92. The lowest BCUT2D eigenvalue weighted by atomic mass is 9.95. The average molecular weight is 206 g/mol. The van der Waals surface area contributed by atoms with E-state index in [2.05, 4.69) is 45.0 Å². The van der Waals surface area contributed by atoms with E-state index < -0.39 is 0 Å². The standard InChI is InChI=1S/C14H22O/c1-4-11(3)14(15)10-13-8-6-12(5-2)7-9-13/h6-9,11,14-15H,4-5,10H2,1-3H3. The molecule has 1 N–H and O–H groups in total. The second-order valence-corrected chi connectivity index (χ2v) is 4.33. The molecule has 1 rings (SSSR count). The molecule has 0 aliphatic carbocycles. The Morgan fingerprint density at radius 2 is 1.60 bits per heavy atom. The third-order valence-corrected chi connectivity index (χ3v) is 3.18. The van der Waals surface area contributed by atoms with Gasteiger partial charge in [0, 0.05) is 0 Å². The van der Waals surface area contributed by atoms with Crippen LogP contribution in [0.5, 0.6) is 0 Å². The van der Waals surface area contributed by atoms with E-state index in [1.807, 2.05) is 0 Å². The first kappa shape index (κ1) is 12.3. The Morgan fingerprint density at radius 1 is 1.07 bits per heavy atom. The van der Waals surface area contributed by atoms with Crippen LogP contribution in [0.2, 0.25) is 0 Å². The predicted molar refractivity (Wildman–Crippen MR) is 65.0 cm³/mol. The number of aliphatic hydroxyl groups excluding tert-OH is 1. The Hall–Kier alpha value is -0.820. The van der Waals surface area contributed by atoms with Crippen molar-refractivity contribution in [1.82, 2.24) is 0 Å². The molecule has 0 radical (unpaired) electrons. The third-order valence-electron chi connectivity index (χ3n) is 3.18. The molecule has 1 heteroatoms. The molecule has 1 aromatic rings. The van der Waals surface area contributed by atoms with E-state index in [1.165, 1.54) is 11.1 Å². The summed E-state index contributed by atoms with van der Waals surface area (Å²) < 4.78 is 0. The highest BCUT2D eigenvalue weighted by molar-refractivity contribution is 5.23. The monoisotopic (exact) mass is 206 g/mol. The number of hydrogen-bond acceptors (Lipinski definition) is 1. The number of benzene rings is 1. The first-order valence-electron chi connectivity index (χ1n) is 5.93. The predicted octanol–water partition coefficient (Wildman–Crippen LogP) is 3.20. The van der Waals surface area contributed by atoms with Crippen molar-refractivity contribution in [3.05, 3.63) is 35.4 Å². The highest BCUT2D eigenvalue weighted by atomic mass is 16.3. The molecule has 0 fully saturated rings. The van der Waals surface area contributed by atoms with Gasteiger partial charge in [-0.05, 0) is 29.9 Å². The molecule has 15 heavy (non-hydrogen) atoms. The molecule has 0 bridgehead atoms. The van der Waals surface area contributed by atoms with Crippen molar-refractivity contribution in [2.75, 3.05) is 0 Å². The molecule has 1 aromatic carbocycles. The summed E-state index contributed by atoms with van der Waals surface area (Å²) in [5.74, 6) is 0.385. The maximum absolute atomic E-state index is 9.90. The summed E-state index contributed by atoms with van der Waals surface area (Å²) in [5.41, 5.74) is 2.59. The maximum Gasteiger partial charge on any atom is 0.0605 e. The summed E-state index contributed by atoms with van der Waals surface area (Å²) in [6.07, 6.45) is 2.68. The van der Waals surface area contributed by atoms with Crippen LogP contribution in [0.15, 0.2) is 24.3 Å². The van der Waals surface area contributed by atoms with Crippen LogP contribution in [0, 0.1) is 5.92 Å². The first-order chi connectivity index (χ1) is 7.17. The minimum atomic E-state index is -0.206. The molecule has 0 spiro atoms. The van der Waals surface area contributed by atoms with Gasteiger partial charge in [-0.15, -0.1) is 0 Å². The van der Waals surface area contributed by atoms with Crippen LogP contribution in [-0.4, -0.2) is 11.2 Å². The van der Waals surface area contributed by atoms with Gasteiger partial charge in [0.25, 0.3) is 0 Å². The van der Waals surface area contributed by atoms with Gasteiger partial charge in [0.05, 0.1) is 6.10 Å². The van der Waals surface area contributed by atoms with Crippen LogP contribution in [0.1, 0.15) is 38.3 Å². The highest BCUT2D eigenvalue weighted by Crippen LogP contribution is 2.14. The molecule has 2 unspecified atom stereocenters. The minimum Gasteiger partial charge on any atom is -0.393 e. The van der Waals surface area contributed by atoms with Crippen LogP contribution >= 0.6 is 0 Å². The van der Waals surface area contributed by atoms with E-state index in [0.29, 0.717) is 5.92 Å². The summed E-state index contributed by atoms with van der Waals surface area (Å²) in [5, 5.41) is 9.90. The minimum absolute atomic E-state index is 0.206. The second-order valence-electron chi connectivity index (χ2n) is 4.33. The molecule has 2 atom stereocenters. The van der Waals surface area contributed by atoms with Gasteiger partial charge in [-0.1, -0.05) is 51.5 Å². The summed E-state index contributed by atoms with van der Waals surface area (Å²) in [7, 11) is 0. The summed E-state index contributed by atoms with van der Waals surface area (Å²) in [6.45, 7) is 6.38. The zero-order chi connectivity index (χ0) is 11.3. The van der Waals surface area contributed by atoms with Crippen LogP contribution in [-0.2, 0) is 12.8 Å². The normalized spacial score (nSPS) is 14.9. The van der Waals surface area contributed by atoms with Crippen LogP contribution in [0.25, 0.3) is 0 Å². The third kappa shape index (κ3) is 3.67. The van der Waals surface area contributed by atoms with Gasteiger partial charge >= 0.3 is 0 Å². The quantitative estimate of drug-likeness (QED) is 0.784. The van der Waals surface area contributed by atoms with Gasteiger partial charge < -0.3 is 5.11 Å². The van der Waals surface area contributed by atoms with Crippen LogP contribution in [0.4, 0.5) is 0 Å². The van der Waals surface area contributed by atoms with Crippen molar-refractivity contribution in [1.29, 1.82) is 0 Å². The van der Waals surface area contributed by atoms with Crippen molar-refractivity contribution in [2.45, 2.75) is 46.1 Å². The molecular formula is C14H22O. The van der Waals surface area contributed by atoms with Crippen LogP contribution < -0.4 is 0 Å². The SMILES string of the molecule is CCc1ccc(CC(O)C(C)CC)cc1. The van der Waals surface area contributed by atoms with E-state index in [-0.39, 0.29) is 6.10 Å². The molecule has 84 valence electrons. The van der Waals surface area contributed by atoms with Crippen molar-refractivity contribution in [3.8, 4) is 0 Å². The Bertz CT molecular complexity index is 276. The lowest BCUT2D eigenvalue weighted by Crippen LogP contribution is -2.19. The van der Waals surface area contributed by atoms with Crippen molar-refractivity contribution in [3.63, 3.8) is 0 Å². The Morgan fingerprint density at radius 3 is 2.07 bits per heavy atom. The van der Waals surface area contributed by atoms with E-state index in [0.717, 1.165) is 19.3 Å². The smallest absolute Gasteiger partial charge is 0.0605 e. The fraction of sp³-hybridized carbons (Fsp3) is 0.571. The summed E-state index contributed by atoms with van der Waals surface area (Å²) >= 11 is 0. The van der Waals surface area contributed by atoms with E-state index in [4.69, 9.17) is 0 Å². The fourth-order valence-corrected chi connectivity index (χ4v) is 1.63. The summed E-state index contributed by atoms with van der Waals surface area (Å²) in [6, 6.07) is 8.56. The Balaban J connectivity index is 2.57. The molecule has 0 aliphatic heterocycles. The van der Waals surface area contributed by atoms with Crippen molar-refractivity contribution >= 4 is 0 Å². The lowest BCUT2D eigenvalue weighted by molar-refractivity contribution is 0.115. The van der Waals surface area contributed by atoms with Crippen molar-refractivity contribution < 1.29 is 5.11 Å². The Labute approximate surface area is 93.1 Å². The fourth-order valence-electron chi connectivity index (χ4n) is 1.63. The number of aliphatic hydroxyl groups is 1. The molecule has 0 heterocycles.